The summed E-state index contributed by atoms with van der Waals surface area (Å²) < 4.78 is 6.36. The molecule has 27 heavy (non-hydrogen) atoms. The van der Waals surface area contributed by atoms with Crippen LogP contribution in [0.3, 0.4) is 0 Å². The number of imide groups is 1. The van der Waals surface area contributed by atoms with Crippen molar-refractivity contribution in [3.05, 3.63) is 28.7 Å². The van der Waals surface area contributed by atoms with Crippen molar-refractivity contribution in [1.29, 1.82) is 0 Å². The van der Waals surface area contributed by atoms with Crippen LogP contribution in [0.5, 0.6) is 5.75 Å². The summed E-state index contributed by atoms with van der Waals surface area (Å²) in [5.41, 5.74) is 8.10. The number of ether oxygens (including phenoxy) is 1. The zero-order valence-corrected chi connectivity index (χ0v) is 16.1. The van der Waals surface area contributed by atoms with Crippen molar-refractivity contribution in [3.63, 3.8) is 0 Å². The average Bonchev–Trinajstić information content (AvgIpc) is 3.25. The molecule has 0 unspecified atom stereocenters. The highest BCUT2D eigenvalue weighted by atomic mass is 32.2. The summed E-state index contributed by atoms with van der Waals surface area (Å²) in [6.07, 6.45) is 8.66. The highest BCUT2D eigenvalue weighted by Gasteiger charge is 2.28. The lowest BCUT2D eigenvalue weighted by Gasteiger charge is -2.35. The van der Waals surface area contributed by atoms with E-state index in [1.165, 1.54) is 12.8 Å². The van der Waals surface area contributed by atoms with Gasteiger partial charge >= 0.3 is 0 Å². The second-order valence-electron chi connectivity index (χ2n) is 7.42. The molecule has 3 aliphatic rings. The predicted molar refractivity (Wildman–Crippen MR) is 108 cm³/mol. The summed E-state index contributed by atoms with van der Waals surface area (Å²) in [7, 11) is 0. The lowest BCUT2D eigenvalue weighted by molar-refractivity contribution is -0.115. The molecule has 4 rings (SSSR count). The standard InChI is InChI=1S/C20H25N3O3S/c21-14-6-4-10-23(12-14)18-13(11-17-19(24)22-20(25)27-17)5-3-9-16(18)26-15-7-1-2-8-15/h3,5,9,11,14-15H,1-2,4,6-8,10,12,21H2,(H,22,24,25)/b17-11-/t14-/m1/s1. The van der Waals surface area contributed by atoms with Gasteiger partial charge in [0.2, 0.25) is 0 Å². The van der Waals surface area contributed by atoms with E-state index in [9.17, 15) is 9.59 Å². The third-order valence-corrected chi connectivity index (χ3v) is 6.14. The van der Waals surface area contributed by atoms with Gasteiger partial charge < -0.3 is 15.4 Å². The summed E-state index contributed by atoms with van der Waals surface area (Å²) in [5, 5.41) is 1.99. The van der Waals surface area contributed by atoms with Gasteiger partial charge in [0.05, 0.1) is 16.7 Å². The third kappa shape index (κ3) is 4.14. The summed E-state index contributed by atoms with van der Waals surface area (Å²) in [4.78, 5) is 26.2. The van der Waals surface area contributed by atoms with E-state index in [2.05, 4.69) is 10.2 Å². The molecule has 3 N–H and O–H groups in total. The van der Waals surface area contributed by atoms with E-state index in [1.807, 2.05) is 18.2 Å². The fourth-order valence-electron chi connectivity index (χ4n) is 4.05. The fraction of sp³-hybridized carbons (Fsp3) is 0.500. The number of benzene rings is 1. The molecule has 2 heterocycles. The van der Waals surface area contributed by atoms with E-state index in [0.717, 1.165) is 67.5 Å². The van der Waals surface area contributed by atoms with Crippen LogP contribution in [0.2, 0.25) is 0 Å². The van der Waals surface area contributed by atoms with E-state index in [0.29, 0.717) is 4.91 Å². The van der Waals surface area contributed by atoms with E-state index in [1.54, 1.807) is 6.08 Å². The maximum atomic E-state index is 12.0. The SMILES string of the molecule is N[C@@H]1CCCN(c2c(/C=C3\SC(=O)NC3=O)cccc2OC2CCCC2)C1. The van der Waals surface area contributed by atoms with Crippen molar-refractivity contribution in [2.75, 3.05) is 18.0 Å². The molecule has 7 heteroatoms. The van der Waals surface area contributed by atoms with Crippen LogP contribution in [0.1, 0.15) is 44.1 Å². The van der Waals surface area contributed by atoms with Crippen molar-refractivity contribution in [2.45, 2.75) is 50.7 Å². The zero-order valence-electron chi connectivity index (χ0n) is 15.3. The largest absolute Gasteiger partial charge is 0.488 e. The van der Waals surface area contributed by atoms with Gasteiger partial charge in [0.25, 0.3) is 11.1 Å². The van der Waals surface area contributed by atoms with Crippen LogP contribution >= 0.6 is 11.8 Å². The first kappa shape index (κ1) is 18.4. The average molecular weight is 388 g/mol. The maximum Gasteiger partial charge on any atom is 0.290 e. The number of hydrogen-bond acceptors (Lipinski definition) is 6. The Morgan fingerprint density at radius 1 is 1.19 bits per heavy atom. The molecule has 0 bridgehead atoms. The van der Waals surface area contributed by atoms with Crippen LogP contribution in [0.15, 0.2) is 23.1 Å². The van der Waals surface area contributed by atoms with Gasteiger partial charge in [-0.25, -0.2) is 0 Å². The summed E-state index contributed by atoms with van der Waals surface area (Å²) in [6, 6.07) is 6.05. The summed E-state index contributed by atoms with van der Waals surface area (Å²) >= 11 is 0.941. The Morgan fingerprint density at radius 2 is 2.00 bits per heavy atom. The molecule has 1 aliphatic carbocycles. The number of para-hydroxylation sites is 1. The number of amides is 2. The lowest BCUT2D eigenvalue weighted by atomic mass is 10.0. The fourth-order valence-corrected chi connectivity index (χ4v) is 4.72. The normalized spacial score (nSPS) is 25.3. The number of rotatable bonds is 4. The molecule has 1 saturated carbocycles. The molecule has 0 radical (unpaired) electrons. The first-order valence-electron chi connectivity index (χ1n) is 9.65. The lowest BCUT2D eigenvalue weighted by Crippen LogP contribution is -2.43. The smallest absolute Gasteiger partial charge is 0.290 e. The van der Waals surface area contributed by atoms with Crippen LogP contribution in [0, 0.1) is 0 Å². The van der Waals surface area contributed by atoms with Gasteiger partial charge in [-0.2, -0.15) is 0 Å². The molecule has 2 aliphatic heterocycles. The number of carbonyl (C=O) groups is 2. The molecule has 1 atom stereocenters. The second-order valence-corrected chi connectivity index (χ2v) is 8.43. The molecule has 0 spiro atoms. The minimum absolute atomic E-state index is 0.129. The molecule has 2 amide bonds. The Kier molecular flexibility index (Phi) is 5.41. The Balaban J connectivity index is 1.71. The number of anilines is 1. The topological polar surface area (TPSA) is 84.7 Å². The van der Waals surface area contributed by atoms with E-state index in [-0.39, 0.29) is 23.3 Å². The zero-order chi connectivity index (χ0) is 18.8. The van der Waals surface area contributed by atoms with Gasteiger partial charge in [-0.15, -0.1) is 0 Å². The van der Waals surface area contributed by atoms with Crippen LogP contribution in [0.4, 0.5) is 10.5 Å². The van der Waals surface area contributed by atoms with Crippen molar-refractivity contribution in [1.82, 2.24) is 5.32 Å². The second kappa shape index (κ2) is 7.94. The predicted octanol–water partition coefficient (Wildman–Crippen LogP) is 3.26. The van der Waals surface area contributed by atoms with E-state index in [4.69, 9.17) is 10.5 Å². The number of carbonyl (C=O) groups excluding carboxylic acids is 2. The quantitative estimate of drug-likeness (QED) is 0.772. The van der Waals surface area contributed by atoms with Crippen LogP contribution in [-0.2, 0) is 4.79 Å². The minimum Gasteiger partial charge on any atom is -0.488 e. The number of piperidine rings is 1. The summed E-state index contributed by atoms with van der Waals surface area (Å²) in [6.45, 7) is 1.67. The molecule has 2 saturated heterocycles. The van der Waals surface area contributed by atoms with Crippen LogP contribution in [-0.4, -0.2) is 36.4 Å². The van der Waals surface area contributed by atoms with Crippen molar-refractivity contribution in [2.24, 2.45) is 5.73 Å². The molecule has 144 valence electrons. The van der Waals surface area contributed by atoms with Gasteiger partial charge in [0, 0.05) is 24.7 Å². The molecular weight excluding hydrogens is 362 g/mol. The van der Waals surface area contributed by atoms with Crippen LogP contribution in [0.25, 0.3) is 6.08 Å². The Labute approximate surface area is 163 Å². The van der Waals surface area contributed by atoms with E-state index >= 15 is 0 Å². The van der Waals surface area contributed by atoms with Gasteiger partial charge in [-0.1, -0.05) is 12.1 Å². The Morgan fingerprint density at radius 3 is 2.70 bits per heavy atom. The monoisotopic (exact) mass is 387 g/mol. The van der Waals surface area contributed by atoms with Gasteiger partial charge in [-0.05, 0) is 62.4 Å². The third-order valence-electron chi connectivity index (χ3n) is 5.33. The number of nitrogens with zero attached hydrogens (tertiary/aromatic N) is 1. The highest BCUT2D eigenvalue weighted by molar-refractivity contribution is 8.18. The van der Waals surface area contributed by atoms with Gasteiger partial charge in [0.15, 0.2) is 0 Å². The van der Waals surface area contributed by atoms with Gasteiger partial charge in [0.1, 0.15) is 5.75 Å². The number of hydrogen-bond donors (Lipinski definition) is 2. The highest BCUT2D eigenvalue weighted by Crippen LogP contribution is 2.39. The molecule has 1 aromatic carbocycles. The van der Waals surface area contributed by atoms with Crippen LogP contribution < -0.4 is 20.7 Å². The Bertz CT molecular complexity index is 774. The number of thioether (sulfide) groups is 1. The summed E-state index contributed by atoms with van der Waals surface area (Å²) in [5.74, 6) is 0.508. The molecular formula is C20H25N3O3S. The first-order valence-corrected chi connectivity index (χ1v) is 10.5. The van der Waals surface area contributed by atoms with Crippen molar-refractivity contribution in [3.8, 4) is 5.75 Å². The molecule has 6 nitrogen and oxygen atoms in total. The Hall–Kier alpha value is -1.99. The molecule has 0 aromatic heterocycles. The van der Waals surface area contributed by atoms with Crippen molar-refractivity contribution < 1.29 is 14.3 Å². The maximum absolute atomic E-state index is 12.0. The molecule has 3 fully saturated rings. The minimum atomic E-state index is -0.339. The molecule has 1 aromatic rings. The number of nitrogens with one attached hydrogen (secondary N) is 1. The first-order chi connectivity index (χ1) is 13.1. The van der Waals surface area contributed by atoms with Gasteiger partial charge in [-0.3, -0.25) is 14.9 Å². The number of nitrogens with two attached hydrogens (primary N) is 1. The van der Waals surface area contributed by atoms with Crippen molar-refractivity contribution >= 4 is 34.7 Å². The van der Waals surface area contributed by atoms with E-state index < -0.39 is 0 Å².